The van der Waals surface area contributed by atoms with Gasteiger partial charge in [0.05, 0.1) is 6.54 Å². The zero-order valence-electron chi connectivity index (χ0n) is 12.2. The molecule has 5 nitrogen and oxygen atoms in total. The van der Waals surface area contributed by atoms with Crippen LogP contribution in [-0.2, 0) is 11.3 Å². The first-order valence-corrected chi connectivity index (χ1v) is 7.96. The number of carbonyl (C=O) groups excluding carboxylic acids is 1. The first-order valence-electron chi connectivity index (χ1n) is 7.58. The van der Waals surface area contributed by atoms with Gasteiger partial charge in [0.2, 0.25) is 17.6 Å². The smallest absolute Gasteiger partial charge is 0.246 e. The molecule has 0 aliphatic heterocycles. The van der Waals surface area contributed by atoms with Crippen LogP contribution in [0.2, 0.25) is 5.02 Å². The van der Waals surface area contributed by atoms with Gasteiger partial charge >= 0.3 is 0 Å². The fourth-order valence-electron chi connectivity index (χ4n) is 2.71. The fraction of sp³-hybridized carbons (Fsp3) is 0.438. The molecule has 22 heavy (non-hydrogen) atoms. The van der Waals surface area contributed by atoms with Crippen molar-refractivity contribution >= 4 is 17.5 Å². The minimum atomic E-state index is 0.0888. The van der Waals surface area contributed by atoms with Gasteiger partial charge in [0.15, 0.2) is 0 Å². The third kappa shape index (κ3) is 3.65. The summed E-state index contributed by atoms with van der Waals surface area (Å²) in [6.07, 6.45) is 5.47. The molecule has 1 fully saturated rings. The Labute approximate surface area is 134 Å². The van der Waals surface area contributed by atoms with Crippen LogP contribution in [0.3, 0.4) is 0 Å². The van der Waals surface area contributed by atoms with Crippen molar-refractivity contribution in [2.24, 2.45) is 5.92 Å². The van der Waals surface area contributed by atoms with E-state index in [-0.39, 0.29) is 18.4 Å². The predicted octanol–water partition coefficient (Wildman–Crippen LogP) is 3.59. The average molecular weight is 320 g/mol. The summed E-state index contributed by atoms with van der Waals surface area (Å²) in [7, 11) is 0. The molecule has 1 amide bonds. The highest BCUT2D eigenvalue weighted by Crippen LogP contribution is 2.23. The summed E-state index contributed by atoms with van der Waals surface area (Å²) in [4.78, 5) is 16.4. The summed E-state index contributed by atoms with van der Waals surface area (Å²) < 4.78 is 5.18. The van der Waals surface area contributed by atoms with Crippen molar-refractivity contribution < 1.29 is 9.32 Å². The van der Waals surface area contributed by atoms with E-state index in [9.17, 15) is 4.79 Å². The third-order valence-corrected chi connectivity index (χ3v) is 4.21. The van der Waals surface area contributed by atoms with Gasteiger partial charge in [0.25, 0.3) is 0 Å². The van der Waals surface area contributed by atoms with Crippen LogP contribution >= 0.6 is 11.6 Å². The number of nitrogens with zero attached hydrogens (tertiary/aromatic N) is 2. The molecule has 1 heterocycles. The van der Waals surface area contributed by atoms with Crippen molar-refractivity contribution in [1.82, 2.24) is 15.5 Å². The van der Waals surface area contributed by atoms with Crippen LogP contribution in [0.1, 0.15) is 38.0 Å². The van der Waals surface area contributed by atoms with E-state index in [4.69, 9.17) is 16.1 Å². The minimum absolute atomic E-state index is 0.0888. The zero-order valence-corrected chi connectivity index (χ0v) is 13.0. The van der Waals surface area contributed by atoms with Gasteiger partial charge in [-0.25, -0.2) is 0 Å². The molecule has 0 bridgehead atoms. The molecular weight excluding hydrogens is 302 g/mol. The van der Waals surface area contributed by atoms with E-state index in [0.717, 1.165) is 31.2 Å². The van der Waals surface area contributed by atoms with E-state index in [1.165, 1.54) is 6.42 Å². The lowest BCUT2D eigenvalue weighted by Crippen LogP contribution is -2.31. The van der Waals surface area contributed by atoms with Gasteiger partial charge in [-0.15, -0.1) is 0 Å². The van der Waals surface area contributed by atoms with Crippen LogP contribution in [0.5, 0.6) is 0 Å². The van der Waals surface area contributed by atoms with Crippen molar-refractivity contribution in [2.75, 3.05) is 0 Å². The molecule has 0 saturated heterocycles. The monoisotopic (exact) mass is 319 g/mol. The summed E-state index contributed by atoms with van der Waals surface area (Å²) >= 11 is 5.85. The van der Waals surface area contributed by atoms with Gasteiger partial charge < -0.3 is 9.84 Å². The van der Waals surface area contributed by atoms with Crippen molar-refractivity contribution in [3.63, 3.8) is 0 Å². The van der Waals surface area contributed by atoms with Crippen LogP contribution in [0.15, 0.2) is 28.8 Å². The van der Waals surface area contributed by atoms with E-state index in [0.29, 0.717) is 16.7 Å². The summed E-state index contributed by atoms with van der Waals surface area (Å²) in [6, 6.07) is 7.21. The third-order valence-electron chi connectivity index (χ3n) is 3.96. The van der Waals surface area contributed by atoms with E-state index in [1.54, 1.807) is 12.1 Å². The molecule has 0 atom stereocenters. The summed E-state index contributed by atoms with van der Waals surface area (Å²) in [5.41, 5.74) is 0.831. The Balaban J connectivity index is 1.57. The number of halogens is 1. The normalized spacial score (nSPS) is 15.7. The molecule has 2 aromatic rings. The highest BCUT2D eigenvalue weighted by Gasteiger charge is 2.21. The number of hydrogen-bond donors (Lipinski definition) is 1. The van der Waals surface area contributed by atoms with Gasteiger partial charge in [-0.05, 0) is 37.1 Å². The molecule has 1 saturated carbocycles. The second-order valence-corrected chi connectivity index (χ2v) is 6.01. The van der Waals surface area contributed by atoms with Gasteiger partial charge in [0, 0.05) is 16.5 Å². The fourth-order valence-corrected chi connectivity index (χ4v) is 2.84. The first-order chi connectivity index (χ1) is 10.7. The standard InChI is InChI=1S/C16H18ClN3O2/c17-13-8-6-11(7-9-13)15-19-14(22-20-15)10-18-16(21)12-4-2-1-3-5-12/h6-9,12H,1-5,10H2,(H,18,21). The summed E-state index contributed by atoms with van der Waals surface area (Å²) in [5.74, 6) is 1.13. The van der Waals surface area contributed by atoms with Gasteiger partial charge in [-0.3, -0.25) is 4.79 Å². The summed E-state index contributed by atoms with van der Waals surface area (Å²) in [6.45, 7) is 0.274. The lowest BCUT2D eigenvalue weighted by Gasteiger charge is -2.20. The molecule has 1 aromatic carbocycles. The molecule has 0 spiro atoms. The van der Waals surface area contributed by atoms with E-state index in [1.807, 2.05) is 12.1 Å². The number of aromatic nitrogens is 2. The number of nitrogens with one attached hydrogen (secondary N) is 1. The maximum absolute atomic E-state index is 12.1. The molecule has 6 heteroatoms. The lowest BCUT2D eigenvalue weighted by atomic mass is 9.89. The van der Waals surface area contributed by atoms with Crippen LogP contribution in [0.4, 0.5) is 0 Å². The molecular formula is C16H18ClN3O2. The highest BCUT2D eigenvalue weighted by atomic mass is 35.5. The molecule has 1 aromatic heterocycles. The minimum Gasteiger partial charge on any atom is -0.347 e. The Morgan fingerprint density at radius 3 is 2.68 bits per heavy atom. The van der Waals surface area contributed by atoms with Crippen LogP contribution in [-0.4, -0.2) is 16.0 Å². The van der Waals surface area contributed by atoms with Crippen molar-refractivity contribution in [3.05, 3.63) is 35.2 Å². The number of hydrogen-bond acceptors (Lipinski definition) is 4. The van der Waals surface area contributed by atoms with Gasteiger partial charge in [-0.2, -0.15) is 4.98 Å². The van der Waals surface area contributed by atoms with Crippen LogP contribution in [0.25, 0.3) is 11.4 Å². The lowest BCUT2D eigenvalue weighted by molar-refractivity contribution is -0.126. The molecule has 0 unspecified atom stereocenters. The Morgan fingerprint density at radius 1 is 1.23 bits per heavy atom. The Bertz CT molecular complexity index is 633. The van der Waals surface area contributed by atoms with Gasteiger partial charge in [-0.1, -0.05) is 36.0 Å². The predicted molar refractivity (Wildman–Crippen MR) is 83.2 cm³/mol. The maximum atomic E-state index is 12.1. The van der Waals surface area contributed by atoms with Crippen LogP contribution in [0, 0.1) is 5.92 Å². The molecule has 1 aliphatic carbocycles. The topological polar surface area (TPSA) is 68.0 Å². The van der Waals surface area contributed by atoms with Crippen LogP contribution < -0.4 is 5.32 Å². The SMILES string of the molecule is O=C(NCc1nc(-c2ccc(Cl)cc2)no1)C1CCCCC1. The maximum Gasteiger partial charge on any atom is 0.246 e. The second kappa shape index (κ2) is 6.92. The molecule has 1 aliphatic rings. The number of benzene rings is 1. The highest BCUT2D eigenvalue weighted by molar-refractivity contribution is 6.30. The molecule has 1 N–H and O–H groups in total. The Morgan fingerprint density at radius 2 is 1.95 bits per heavy atom. The second-order valence-electron chi connectivity index (χ2n) is 5.57. The largest absolute Gasteiger partial charge is 0.347 e. The van der Waals surface area contributed by atoms with E-state index in [2.05, 4.69) is 15.5 Å². The van der Waals surface area contributed by atoms with Gasteiger partial charge in [0.1, 0.15) is 0 Å². The summed E-state index contributed by atoms with van der Waals surface area (Å²) in [5, 5.41) is 7.47. The number of amides is 1. The molecule has 3 rings (SSSR count). The van der Waals surface area contributed by atoms with Crippen molar-refractivity contribution in [1.29, 1.82) is 0 Å². The molecule has 0 radical (unpaired) electrons. The van der Waals surface area contributed by atoms with Crippen molar-refractivity contribution in [3.8, 4) is 11.4 Å². The number of rotatable bonds is 4. The molecule has 116 valence electrons. The van der Waals surface area contributed by atoms with E-state index >= 15 is 0 Å². The first kappa shape index (κ1) is 15.0. The average Bonchev–Trinajstić information content (AvgIpc) is 3.03. The van der Waals surface area contributed by atoms with Crippen molar-refractivity contribution in [2.45, 2.75) is 38.6 Å². The van der Waals surface area contributed by atoms with E-state index < -0.39 is 0 Å². The Hall–Kier alpha value is -1.88. The Kier molecular flexibility index (Phi) is 4.73. The quantitative estimate of drug-likeness (QED) is 0.935. The zero-order chi connectivity index (χ0) is 15.4. The number of carbonyl (C=O) groups is 1.